The van der Waals surface area contributed by atoms with Gasteiger partial charge in [-0.2, -0.15) is 0 Å². The van der Waals surface area contributed by atoms with E-state index in [0.717, 1.165) is 6.07 Å². The average Bonchev–Trinajstić information content (AvgIpc) is 2.11. The van der Waals surface area contributed by atoms with E-state index in [1.807, 2.05) is 0 Å². The lowest BCUT2D eigenvalue weighted by atomic mass is 10.1. The van der Waals surface area contributed by atoms with Crippen LogP contribution in [0.1, 0.15) is 5.56 Å². The molecule has 0 aromatic heterocycles. The van der Waals surface area contributed by atoms with Gasteiger partial charge in [0.25, 0.3) is 0 Å². The molecule has 0 radical (unpaired) electrons. The molecule has 0 saturated heterocycles. The summed E-state index contributed by atoms with van der Waals surface area (Å²) in [6.45, 7) is 0. The SMILES string of the molecule is CN(C)C(=O)Cc1cc(O)ccc1F. The van der Waals surface area contributed by atoms with E-state index in [2.05, 4.69) is 0 Å². The molecule has 1 amide bonds. The quantitative estimate of drug-likeness (QED) is 0.772. The van der Waals surface area contributed by atoms with Gasteiger partial charge in [-0.25, -0.2) is 4.39 Å². The minimum atomic E-state index is -0.474. The molecule has 0 unspecified atom stereocenters. The predicted octanol–water partition coefficient (Wildman–Crippen LogP) is 1.16. The second kappa shape index (κ2) is 4.09. The molecule has 0 saturated carbocycles. The van der Waals surface area contributed by atoms with Gasteiger partial charge in [-0.05, 0) is 18.2 Å². The molecule has 0 aliphatic heterocycles. The molecule has 3 nitrogen and oxygen atoms in total. The number of amides is 1. The highest BCUT2D eigenvalue weighted by atomic mass is 19.1. The van der Waals surface area contributed by atoms with E-state index in [9.17, 15) is 9.18 Å². The van der Waals surface area contributed by atoms with Gasteiger partial charge in [0, 0.05) is 19.7 Å². The molecule has 1 rings (SSSR count). The summed E-state index contributed by atoms with van der Waals surface area (Å²) in [5, 5.41) is 9.10. The van der Waals surface area contributed by atoms with Crippen molar-refractivity contribution in [1.29, 1.82) is 0 Å². The summed E-state index contributed by atoms with van der Waals surface area (Å²) in [6, 6.07) is 3.66. The number of hydrogen-bond donors (Lipinski definition) is 1. The summed E-state index contributed by atoms with van der Waals surface area (Å²) >= 11 is 0. The van der Waals surface area contributed by atoms with Crippen LogP contribution in [0.25, 0.3) is 0 Å². The fraction of sp³-hybridized carbons (Fsp3) is 0.300. The van der Waals surface area contributed by atoms with E-state index in [1.165, 1.54) is 17.0 Å². The molecule has 1 aromatic rings. The van der Waals surface area contributed by atoms with Gasteiger partial charge in [0.05, 0.1) is 6.42 Å². The van der Waals surface area contributed by atoms with Crippen molar-refractivity contribution in [1.82, 2.24) is 4.90 Å². The molecule has 1 N–H and O–H groups in total. The lowest BCUT2D eigenvalue weighted by Gasteiger charge is -2.10. The van der Waals surface area contributed by atoms with Crippen molar-refractivity contribution in [2.45, 2.75) is 6.42 Å². The second-order valence-electron chi connectivity index (χ2n) is 3.24. The molecule has 0 aliphatic rings. The Balaban J connectivity index is 2.86. The first-order chi connectivity index (χ1) is 6.50. The zero-order chi connectivity index (χ0) is 10.7. The summed E-state index contributed by atoms with van der Waals surface area (Å²) in [7, 11) is 3.20. The van der Waals surface area contributed by atoms with Gasteiger partial charge in [-0.3, -0.25) is 4.79 Å². The van der Waals surface area contributed by atoms with Gasteiger partial charge in [-0.15, -0.1) is 0 Å². The number of nitrogens with zero attached hydrogens (tertiary/aromatic N) is 1. The molecule has 76 valence electrons. The molecule has 0 heterocycles. The first-order valence-electron chi connectivity index (χ1n) is 4.18. The van der Waals surface area contributed by atoms with Crippen LogP contribution in [0.5, 0.6) is 5.75 Å². The minimum absolute atomic E-state index is 0.0343. The van der Waals surface area contributed by atoms with Crippen molar-refractivity contribution in [3.63, 3.8) is 0 Å². The Bertz CT molecular complexity index is 350. The van der Waals surface area contributed by atoms with E-state index in [1.54, 1.807) is 14.1 Å². The maximum absolute atomic E-state index is 13.1. The lowest BCUT2D eigenvalue weighted by molar-refractivity contribution is -0.128. The van der Waals surface area contributed by atoms with Crippen LogP contribution in [0, 0.1) is 5.82 Å². The summed E-state index contributed by atoms with van der Waals surface area (Å²) in [5.74, 6) is -0.708. The number of benzene rings is 1. The number of rotatable bonds is 2. The van der Waals surface area contributed by atoms with Gasteiger partial charge in [-0.1, -0.05) is 0 Å². The molecule has 0 fully saturated rings. The number of aromatic hydroxyl groups is 1. The Kier molecular flexibility index (Phi) is 3.06. The Labute approximate surface area is 81.8 Å². The van der Waals surface area contributed by atoms with Crippen LogP contribution in [0.15, 0.2) is 18.2 Å². The van der Waals surface area contributed by atoms with Gasteiger partial charge in [0.2, 0.25) is 5.91 Å². The van der Waals surface area contributed by atoms with E-state index in [0.29, 0.717) is 0 Å². The topological polar surface area (TPSA) is 40.5 Å². The van der Waals surface area contributed by atoms with Crippen molar-refractivity contribution in [3.8, 4) is 5.75 Å². The average molecular weight is 197 g/mol. The highest BCUT2D eigenvalue weighted by Crippen LogP contribution is 2.16. The van der Waals surface area contributed by atoms with Gasteiger partial charge in [0.1, 0.15) is 11.6 Å². The van der Waals surface area contributed by atoms with Crippen LogP contribution in [0.3, 0.4) is 0 Å². The Hall–Kier alpha value is -1.58. The molecule has 4 heteroatoms. The summed E-state index contributed by atoms with van der Waals surface area (Å²) < 4.78 is 13.1. The third kappa shape index (κ3) is 2.45. The number of likely N-dealkylation sites (N-methyl/N-ethyl adjacent to an activating group) is 1. The molecule has 0 aliphatic carbocycles. The van der Waals surface area contributed by atoms with Crippen LogP contribution < -0.4 is 0 Å². The first-order valence-corrected chi connectivity index (χ1v) is 4.18. The number of carbonyl (C=O) groups is 1. The molecule has 0 bridgehead atoms. The standard InChI is InChI=1S/C10H12FNO2/c1-12(2)10(14)6-7-5-8(13)3-4-9(7)11/h3-5,13H,6H2,1-2H3. The smallest absolute Gasteiger partial charge is 0.226 e. The van der Waals surface area contributed by atoms with E-state index >= 15 is 0 Å². The van der Waals surface area contributed by atoms with Crippen LogP contribution in [0.2, 0.25) is 0 Å². The third-order valence-corrected chi connectivity index (χ3v) is 1.87. The number of halogens is 1. The molecular weight excluding hydrogens is 185 g/mol. The third-order valence-electron chi connectivity index (χ3n) is 1.87. The van der Waals surface area contributed by atoms with Gasteiger partial charge < -0.3 is 10.0 Å². The molecule has 14 heavy (non-hydrogen) atoms. The van der Waals surface area contributed by atoms with E-state index < -0.39 is 5.82 Å². The maximum Gasteiger partial charge on any atom is 0.226 e. The van der Waals surface area contributed by atoms with Crippen LogP contribution >= 0.6 is 0 Å². The van der Waals surface area contributed by atoms with E-state index in [4.69, 9.17) is 5.11 Å². The summed E-state index contributed by atoms with van der Waals surface area (Å²) in [6.07, 6.45) is -0.0345. The van der Waals surface area contributed by atoms with E-state index in [-0.39, 0.29) is 23.6 Å². The summed E-state index contributed by atoms with van der Waals surface area (Å²) in [5.41, 5.74) is 0.212. The largest absolute Gasteiger partial charge is 0.508 e. The van der Waals surface area contributed by atoms with Crippen molar-refractivity contribution in [2.24, 2.45) is 0 Å². The zero-order valence-electron chi connectivity index (χ0n) is 8.12. The fourth-order valence-corrected chi connectivity index (χ4v) is 1.02. The lowest BCUT2D eigenvalue weighted by Crippen LogP contribution is -2.23. The highest BCUT2D eigenvalue weighted by Gasteiger charge is 2.10. The van der Waals surface area contributed by atoms with Crippen LogP contribution in [-0.4, -0.2) is 30.0 Å². The minimum Gasteiger partial charge on any atom is -0.508 e. The normalized spacial score (nSPS) is 9.93. The van der Waals surface area contributed by atoms with Gasteiger partial charge >= 0.3 is 0 Å². The Morgan fingerprint density at radius 1 is 1.50 bits per heavy atom. The molecular formula is C10H12FNO2. The van der Waals surface area contributed by atoms with Crippen LogP contribution in [-0.2, 0) is 11.2 Å². The number of phenols is 1. The molecule has 0 spiro atoms. The Morgan fingerprint density at radius 3 is 2.71 bits per heavy atom. The monoisotopic (exact) mass is 197 g/mol. The first kappa shape index (κ1) is 10.5. The van der Waals surface area contributed by atoms with Crippen LogP contribution in [0.4, 0.5) is 4.39 Å². The molecule has 0 atom stereocenters. The van der Waals surface area contributed by atoms with Crippen molar-refractivity contribution in [2.75, 3.05) is 14.1 Å². The second-order valence-corrected chi connectivity index (χ2v) is 3.24. The zero-order valence-corrected chi connectivity index (χ0v) is 8.12. The number of phenolic OH excluding ortho intramolecular Hbond substituents is 1. The van der Waals surface area contributed by atoms with Crippen molar-refractivity contribution < 1.29 is 14.3 Å². The van der Waals surface area contributed by atoms with Crippen molar-refractivity contribution >= 4 is 5.91 Å². The predicted molar refractivity (Wildman–Crippen MR) is 50.5 cm³/mol. The maximum atomic E-state index is 13.1. The van der Waals surface area contributed by atoms with Crippen molar-refractivity contribution in [3.05, 3.63) is 29.6 Å². The highest BCUT2D eigenvalue weighted by molar-refractivity contribution is 5.78. The number of hydrogen-bond acceptors (Lipinski definition) is 2. The molecule has 1 aromatic carbocycles. The number of carbonyl (C=O) groups excluding carboxylic acids is 1. The fourth-order valence-electron chi connectivity index (χ4n) is 1.02. The Morgan fingerprint density at radius 2 is 2.14 bits per heavy atom. The van der Waals surface area contributed by atoms with Gasteiger partial charge in [0.15, 0.2) is 0 Å². The summed E-state index contributed by atoms with van der Waals surface area (Å²) in [4.78, 5) is 12.6.